The van der Waals surface area contributed by atoms with Crippen molar-refractivity contribution in [2.45, 2.75) is 13.0 Å². The summed E-state index contributed by atoms with van der Waals surface area (Å²) in [5.41, 5.74) is 1.94. The lowest BCUT2D eigenvalue weighted by molar-refractivity contribution is 0.625. The van der Waals surface area contributed by atoms with E-state index in [9.17, 15) is 4.39 Å². The minimum atomic E-state index is -0.206. The van der Waals surface area contributed by atoms with Gasteiger partial charge >= 0.3 is 0 Å². The number of nitrogens with zero attached hydrogens (tertiary/aromatic N) is 2. The maximum absolute atomic E-state index is 13.2. The number of halogens is 1. The SMILES string of the molecule is CN=C(NCCc1cccc(F)c1)NCc1nccc2ccccc12. The molecule has 0 atom stereocenters. The van der Waals surface area contributed by atoms with Gasteiger partial charge in [-0.15, -0.1) is 0 Å². The van der Waals surface area contributed by atoms with Gasteiger partial charge in [0.25, 0.3) is 0 Å². The Morgan fingerprint density at radius 1 is 1.08 bits per heavy atom. The summed E-state index contributed by atoms with van der Waals surface area (Å²) in [4.78, 5) is 8.69. The van der Waals surface area contributed by atoms with Crippen LogP contribution in [0.1, 0.15) is 11.3 Å². The molecule has 0 fully saturated rings. The third-order valence-corrected chi connectivity index (χ3v) is 4.00. The molecule has 128 valence electrons. The summed E-state index contributed by atoms with van der Waals surface area (Å²) < 4.78 is 13.2. The van der Waals surface area contributed by atoms with Gasteiger partial charge in [0.2, 0.25) is 0 Å². The fourth-order valence-electron chi connectivity index (χ4n) is 2.73. The smallest absolute Gasteiger partial charge is 0.191 e. The van der Waals surface area contributed by atoms with Gasteiger partial charge in [0, 0.05) is 25.2 Å². The molecule has 0 saturated heterocycles. The molecule has 3 aromatic rings. The number of fused-ring (bicyclic) bond motifs is 1. The van der Waals surface area contributed by atoms with Crippen LogP contribution in [-0.2, 0) is 13.0 Å². The number of aliphatic imine (C=N–C) groups is 1. The van der Waals surface area contributed by atoms with E-state index < -0.39 is 0 Å². The Labute approximate surface area is 146 Å². The molecular weight excluding hydrogens is 315 g/mol. The summed E-state index contributed by atoms with van der Waals surface area (Å²) in [5.74, 6) is 0.494. The lowest BCUT2D eigenvalue weighted by atomic mass is 10.1. The van der Waals surface area contributed by atoms with Crippen molar-refractivity contribution < 1.29 is 4.39 Å². The highest BCUT2D eigenvalue weighted by atomic mass is 19.1. The molecule has 0 unspecified atom stereocenters. The molecule has 0 bridgehead atoms. The predicted molar refractivity (Wildman–Crippen MR) is 100 cm³/mol. The highest BCUT2D eigenvalue weighted by Crippen LogP contribution is 2.15. The second-order valence-electron chi connectivity index (χ2n) is 5.71. The molecule has 4 nitrogen and oxygen atoms in total. The Morgan fingerprint density at radius 3 is 2.80 bits per heavy atom. The molecule has 0 aliphatic carbocycles. The molecule has 0 aliphatic rings. The van der Waals surface area contributed by atoms with Crippen LogP contribution in [0.2, 0.25) is 0 Å². The molecule has 2 N–H and O–H groups in total. The third kappa shape index (κ3) is 4.53. The summed E-state index contributed by atoms with van der Waals surface area (Å²) in [5, 5.41) is 8.82. The van der Waals surface area contributed by atoms with Crippen molar-refractivity contribution in [1.82, 2.24) is 15.6 Å². The first-order valence-electron chi connectivity index (χ1n) is 8.28. The normalized spacial score (nSPS) is 11.5. The van der Waals surface area contributed by atoms with Crippen LogP contribution in [0, 0.1) is 5.82 Å². The number of pyridine rings is 1. The standard InChI is InChI=1S/C20H21FN4/c1-22-20(24-11-9-15-5-4-7-17(21)13-15)25-14-19-18-8-3-2-6-16(18)10-12-23-19/h2-8,10,12-13H,9,11,14H2,1H3,(H2,22,24,25). The number of guanidine groups is 1. The Bertz CT molecular complexity index is 871. The Kier molecular flexibility index (Phi) is 5.57. The number of hydrogen-bond donors (Lipinski definition) is 2. The van der Waals surface area contributed by atoms with Crippen molar-refractivity contribution in [3.05, 3.63) is 77.9 Å². The number of hydrogen-bond acceptors (Lipinski definition) is 2. The molecule has 2 aromatic carbocycles. The van der Waals surface area contributed by atoms with E-state index in [0.29, 0.717) is 19.0 Å². The van der Waals surface area contributed by atoms with Gasteiger partial charge in [-0.1, -0.05) is 36.4 Å². The predicted octanol–water partition coefficient (Wildman–Crippen LogP) is 3.28. The number of benzene rings is 2. The first-order chi connectivity index (χ1) is 12.3. The third-order valence-electron chi connectivity index (χ3n) is 4.00. The first kappa shape index (κ1) is 16.9. The Balaban J connectivity index is 1.55. The molecule has 1 heterocycles. The lowest BCUT2D eigenvalue weighted by Crippen LogP contribution is -2.38. The Hall–Kier alpha value is -2.95. The van der Waals surface area contributed by atoms with E-state index in [4.69, 9.17) is 0 Å². The fraction of sp³-hybridized carbons (Fsp3) is 0.200. The molecular formula is C20H21FN4. The molecule has 5 heteroatoms. The molecule has 25 heavy (non-hydrogen) atoms. The lowest BCUT2D eigenvalue weighted by Gasteiger charge is -2.12. The quantitative estimate of drug-likeness (QED) is 0.555. The monoisotopic (exact) mass is 336 g/mol. The summed E-state index contributed by atoms with van der Waals surface area (Å²) >= 11 is 0. The zero-order valence-corrected chi connectivity index (χ0v) is 14.2. The molecule has 3 rings (SSSR count). The van der Waals surface area contributed by atoms with Crippen LogP contribution in [0.25, 0.3) is 10.8 Å². The van der Waals surface area contributed by atoms with Crippen molar-refractivity contribution >= 4 is 16.7 Å². The maximum Gasteiger partial charge on any atom is 0.191 e. The van der Waals surface area contributed by atoms with Crippen LogP contribution in [0.5, 0.6) is 0 Å². The number of nitrogens with one attached hydrogen (secondary N) is 2. The van der Waals surface area contributed by atoms with Crippen LogP contribution in [-0.4, -0.2) is 24.5 Å². The van der Waals surface area contributed by atoms with E-state index in [1.165, 1.54) is 11.5 Å². The molecule has 0 saturated carbocycles. The van der Waals surface area contributed by atoms with Gasteiger partial charge in [-0.25, -0.2) is 4.39 Å². The van der Waals surface area contributed by atoms with Gasteiger partial charge in [-0.2, -0.15) is 0 Å². The highest BCUT2D eigenvalue weighted by molar-refractivity contribution is 5.85. The van der Waals surface area contributed by atoms with Gasteiger partial charge in [0.05, 0.1) is 12.2 Å². The van der Waals surface area contributed by atoms with E-state index in [1.807, 2.05) is 30.5 Å². The van der Waals surface area contributed by atoms with Gasteiger partial charge in [0.1, 0.15) is 5.82 Å². The van der Waals surface area contributed by atoms with Crippen molar-refractivity contribution in [2.24, 2.45) is 4.99 Å². The summed E-state index contributed by atoms with van der Waals surface area (Å²) in [6, 6.07) is 16.8. The number of aromatic nitrogens is 1. The summed E-state index contributed by atoms with van der Waals surface area (Å²) in [6.45, 7) is 1.26. The average Bonchev–Trinajstić information content (AvgIpc) is 2.64. The van der Waals surface area contributed by atoms with Gasteiger partial charge in [0.15, 0.2) is 5.96 Å². The average molecular weight is 336 g/mol. The molecule has 1 aromatic heterocycles. The van der Waals surface area contributed by atoms with E-state index >= 15 is 0 Å². The van der Waals surface area contributed by atoms with E-state index in [0.717, 1.165) is 23.1 Å². The van der Waals surface area contributed by atoms with Crippen LogP contribution in [0.15, 0.2) is 65.8 Å². The first-order valence-corrected chi connectivity index (χ1v) is 8.28. The second kappa shape index (κ2) is 8.24. The van der Waals surface area contributed by atoms with Crippen LogP contribution in [0.3, 0.4) is 0 Å². The zero-order valence-electron chi connectivity index (χ0n) is 14.2. The largest absolute Gasteiger partial charge is 0.356 e. The van der Waals surface area contributed by atoms with Crippen molar-refractivity contribution in [1.29, 1.82) is 0 Å². The van der Waals surface area contributed by atoms with E-state index in [2.05, 4.69) is 32.7 Å². The highest BCUT2D eigenvalue weighted by Gasteiger charge is 2.04. The Morgan fingerprint density at radius 2 is 1.96 bits per heavy atom. The minimum absolute atomic E-state index is 0.206. The van der Waals surface area contributed by atoms with Crippen molar-refractivity contribution in [3.8, 4) is 0 Å². The van der Waals surface area contributed by atoms with E-state index in [1.54, 1.807) is 19.2 Å². The van der Waals surface area contributed by atoms with E-state index in [-0.39, 0.29) is 5.82 Å². The van der Waals surface area contributed by atoms with Crippen molar-refractivity contribution in [2.75, 3.05) is 13.6 Å². The zero-order chi connectivity index (χ0) is 17.5. The summed E-state index contributed by atoms with van der Waals surface area (Å²) in [6.07, 6.45) is 2.55. The van der Waals surface area contributed by atoms with Gasteiger partial charge < -0.3 is 10.6 Å². The van der Waals surface area contributed by atoms with Crippen LogP contribution >= 0.6 is 0 Å². The number of rotatable bonds is 5. The minimum Gasteiger partial charge on any atom is -0.356 e. The van der Waals surface area contributed by atoms with Crippen molar-refractivity contribution in [3.63, 3.8) is 0 Å². The summed E-state index contributed by atoms with van der Waals surface area (Å²) in [7, 11) is 1.73. The second-order valence-corrected chi connectivity index (χ2v) is 5.71. The molecule has 0 amide bonds. The topological polar surface area (TPSA) is 49.3 Å². The van der Waals surface area contributed by atoms with Gasteiger partial charge in [-0.05, 0) is 35.6 Å². The maximum atomic E-state index is 13.2. The van der Waals surface area contributed by atoms with Crippen LogP contribution in [0.4, 0.5) is 4.39 Å². The molecule has 0 radical (unpaired) electrons. The van der Waals surface area contributed by atoms with Gasteiger partial charge in [-0.3, -0.25) is 9.98 Å². The fourth-order valence-corrected chi connectivity index (χ4v) is 2.73. The molecule has 0 aliphatic heterocycles. The molecule has 0 spiro atoms. The van der Waals surface area contributed by atoms with Crippen LogP contribution < -0.4 is 10.6 Å².